The summed E-state index contributed by atoms with van der Waals surface area (Å²) in [5, 5.41) is 2.84. The molecule has 0 fully saturated rings. The Morgan fingerprint density at radius 2 is 2.10 bits per heavy atom. The first-order valence-corrected chi connectivity index (χ1v) is 6.32. The van der Waals surface area contributed by atoms with Gasteiger partial charge in [-0.05, 0) is 43.3 Å². The van der Waals surface area contributed by atoms with E-state index in [9.17, 15) is 4.79 Å². The van der Waals surface area contributed by atoms with E-state index in [4.69, 9.17) is 4.74 Å². The van der Waals surface area contributed by atoms with Crippen LogP contribution in [-0.4, -0.2) is 18.0 Å². The molecule has 1 aliphatic heterocycles. The molecule has 2 aromatic rings. The molecule has 20 heavy (non-hydrogen) atoms. The molecule has 0 saturated heterocycles. The number of hydrogen-bond donors (Lipinski definition) is 1. The second kappa shape index (κ2) is 4.81. The fourth-order valence-electron chi connectivity index (χ4n) is 2.23. The molecule has 2 heterocycles. The van der Waals surface area contributed by atoms with E-state index in [1.54, 1.807) is 13.2 Å². The van der Waals surface area contributed by atoms with Crippen molar-refractivity contribution in [3.8, 4) is 5.75 Å². The Morgan fingerprint density at radius 3 is 2.85 bits per heavy atom. The maximum atomic E-state index is 12.1. The fraction of sp³-hybridized carbons (Fsp3) is 0.125. The molecular weight excluding hydrogens is 252 g/mol. The topological polar surface area (TPSA) is 51.2 Å². The first-order valence-electron chi connectivity index (χ1n) is 6.32. The first kappa shape index (κ1) is 12.4. The summed E-state index contributed by atoms with van der Waals surface area (Å²) in [5.74, 6) is 0.611. The van der Waals surface area contributed by atoms with E-state index >= 15 is 0 Å². The summed E-state index contributed by atoms with van der Waals surface area (Å²) in [6.45, 7) is 1.92. The zero-order valence-electron chi connectivity index (χ0n) is 11.3. The summed E-state index contributed by atoms with van der Waals surface area (Å²) in [7, 11) is 1.61. The molecule has 4 nitrogen and oxygen atoms in total. The number of fused-ring (bicyclic) bond motifs is 1. The quantitative estimate of drug-likeness (QED) is 0.850. The summed E-state index contributed by atoms with van der Waals surface area (Å²) in [4.78, 5) is 16.5. The van der Waals surface area contributed by atoms with Gasteiger partial charge in [0.15, 0.2) is 0 Å². The lowest BCUT2D eigenvalue weighted by Crippen LogP contribution is -2.03. The van der Waals surface area contributed by atoms with Gasteiger partial charge in [-0.1, -0.05) is 6.07 Å². The number of nitrogens with zero attached hydrogens (tertiary/aromatic N) is 1. The molecule has 1 N–H and O–H groups in total. The van der Waals surface area contributed by atoms with Gasteiger partial charge >= 0.3 is 0 Å². The summed E-state index contributed by atoms with van der Waals surface area (Å²) in [6.07, 6.45) is 1.80. The minimum absolute atomic E-state index is 0.114. The largest absolute Gasteiger partial charge is 0.497 e. The molecule has 0 saturated carbocycles. The van der Waals surface area contributed by atoms with Gasteiger partial charge in [-0.3, -0.25) is 9.78 Å². The highest BCUT2D eigenvalue weighted by atomic mass is 16.5. The van der Waals surface area contributed by atoms with Crippen LogP contribution >= 0.6 is 0 Å². The van der Waals surface area contributed by atoms with Crippen molar-refractivity contribution in [3.63, 3.8) is 0 Å². The fourth-order valence-corrected chi connectivity index (χ4v) is 2.23. The number of aromatic nitrogens is 1. The Bertz CT molecular complexity index is 720. The van der Waals surface area contributed by atoms with E-state index in [0.29, 0.717) is 5.57 Å². The lowest BCUT2D eigenvalue weighted by Gasteiger charge is -2.03. The number of pyridine rings is 1. The van der Waals surface area contributed by atoms with E-state index in [-0.39, 0.29) is 5.91 Å². The van der Waals surface area contributed by atoms with Crippen LogP contribution in [0.15, 0.2) is 36.4 Å². The molecule has 0 radical (unpaired) electrons. The third kappa shape index (κ3) is 2.16. The molecule has 0 aliphatic carbocycles. The molecular formula is C16H14N2O2. The van der Waals surface area contributed by atoms with E-state index < -0.39 is 0 Å². The highest BCUT2D eigenvalue weighted by molar-refractivity contribution is 6.34. The average molecular weight is 266 g/mol. The van der Waals surface area contributed by atoms with Crippen LogP contribution in [-0.2, 0) is 4.79 Å². The van der Waals surface area contributed by atoms with Crippen LogP contribution in [0, 0.1) is 6.92 Å². The van der Waals surface area contributed by atoms with Gasteiger partial charge in [0.25, 0.3) is 5.91 Å². The van der Waals surface area contributed by atoms with Crippen molar-refractivity contribution in [2.24, 2.45) is 0 Å². The number of carbonyl (C=O) groups is 1. The molecule has 0 atom stereocenters. The van der Waals surface area contributed by atoms with Gasteiger partial charge in [-0.25, -0.2) is 0 Å². The van der Waals surface area contributed by atoms with Crippen LogP contribution in [0.4, 0.5) is 5.69 Å². The molecule has 0 unspecified atom stereocenters. The molecule has 0 bridgehead atoms. The average Bonchev–Trinajstić information content (AvgIpc) is 2.74. The second-order valence-corrected chi connectivity index (χ2v) is 4.63. The maximum Gasteiger partial charge on any atom is 0.256 e. The number of nitrogens with one attached hydrogen (secondary N) is 1. The van der Waals surface area contributed by atoms with Gasteiger partial charge in [-0.2, -0.15) is 0 Å². The number of rotatable bonds is 2. The molecule has 1 aromatic carbocycles. The van der Waals surface area contributed by atoms with E-state index in [1.165, 1.54) is 0 Å². The Balaban J connectivity index is 2.09. The number of ether oxygens (including phenoxy) is 1. The lowest BCUT2D eigenvalue weighted by atomic mass is 10.1. The van der Waals surface area contributed by atoms with Crippen molar-refractivity contribution in [2.75, 3.05) is 12.4 Å². The lowest BCUT2D eigenvalue weighted by molar-refractivity contribution is -0.110. The standard InChI is InChI=1S/C16H14N2O2/c1-10-4-3-5-11(17-10)8-14-13-9-12(20-2)6-7-15(13)18-16(14)19/h3-9H,1-2H3,(H,18,19)/b14-8+. The van der Waals surface area contributed by atoms with E-state index in [0.717, 1.165) is 28.4 Å². The molecule has 1 aliphatic rings. The molecule has 4 heteroatoms. The number of benzene rings is 1. The van der Waals surface area contributed by atoms with Crippen molar-refractivity contribution in [3.05, 3.63) is 53.3 Å². The molecule has 1 amide bonds. The third-order valence-electron chi connectivity index (χ3n) is 3.21. The number of anilines is 1. The Morgan fingerprint density at radius 1 is 1.25 bits per heavy atom. The maximum absolute atomic E-state index is 12.1. The Kier molecular flexibility index (Phi) is 2.99. The van der Waals surface area contributed by atoms with Crippen LogP contribution in [0.3, 0.4) is 0 Å². The minimum atomic E-state index is -0.114. The Labute approximate surface area is 117 Å². The van der Waals surface area contributed by atoms with Crippen LogP contribution in [0.25, 0.3) is 11.6 Å². The zero-order valence-corrected chi connectivity index (χ0v) is 11.3. The molecule has 1 aromatic heterocycles. The number of amides is 1. The van der Waals surface area contributed by atoms with Crippen molar-refractivity contribution in [1.29, 1.82) is 0 Å². The summed E-state index contributed by atoms with van der Waals surface area (Å²) < 4.78 is 5.21. The number of methoxy groups -OCH3 is 1. The van der Waals surface area contributed by atoms with Gasteiger partial charge in [0, 0.05) is 16.9 Å². The summed E-state index contributed by atoms with van der Waals surface area (Å²) in [6, 6.07) is 11.3. The molecule has 0 spiro atoms. The SMILES string of the molecule is COc1ccc2c(c1)/C(=C\c1cccc(C)n1)C(=O)N2. The van der Waals surface area contributed by atoms with Crippen molar-refractivity contribution in [1.82, 2.24) is 4.98 Å². The number of carbonyl (C=O) groups excluding carboxylic acids is 1. The first-order chi connectivity index (χ1) is 9.67. The van der Waals surface area contributed by atoms with Gasteiger partial charge < -0.3 is 10.1 Å². The monoisotopic (exact) mass is 266 g/mol. The van der Waals surface area contributed by atoms with Crippen molar-refractivity contribution < 1.29 is 9.53 Å². The number of aryl methyl sites for hydroxylation is 1. The van der Waals surface area contributed by atoms with Crippen LogP contribution in [0.5, 0.6) is 5.75 Å². The molecule has 3 rings (SSSR count). The van der Waals surface area contributed by atoms with Gasteiger partial charge in [0.2, 0.25) is 0 Å². The third-order valence-corrected chi connectivity index (χ3v) is 3.21. The van der Waals surface area contributed by atoms with Crippen LogP contribution in [0.2, 0.25) is 0 Å². The Hall–Kier alpha value is -2.62. The van der Waals surface area contributed by atoms with Gasteiger partial charge in [-0.15, -0.1) is 0 Å². The predicted octanol–water partition coefficient (Wildman–Crippen LogP) is 2.89. The number of hydrogen-bond acceptors (Lipinski definition) is 3. The van der Waals surface area contributed by atoms with E-state index in [2.05, 4.69) is 10.3 Å². The van der Waals surface area contributed by atoms with Crippen LogP contribution < -0.4 is 10.1 Å². The predicted molar refractivity (Wildman–Crippen MR) is 78.5 cm³/mol. The van der Waals surface area contributed by atoms with Crippen LogP contribution in [0.1, 0.15) is 17.0 Å². The van der Waals surface area contributed by atoms with Gasteiger partial charge in [0.1, 0.15) is 5.75 Å². The van der Waals surface area contributed by atoms with Crippen molar-refractivity contribution in [2.45, 2.75) is 6.92 Å². The summed E-state index contributed by atoms with van der Waals surface area (Å²) in [5.41, 5.74) is 3.94. The van der Waals surface area contributed by atoms with Gasteiger partial charge in [0.05, 0.1) is 18.4 Å². The normalized spacial score (nSPS) is 15.1. The second-order valence-electron chi connectivity index (χ2n) is 4.63. The minimum Gasteiger partial charge on any atom is -0.497 e. The summed E-state index contributed by atoms with van der Waals surface area (Å²) >= 11 is 0. The highest BCUT2D eigenvalue weighted by Gasteiger charge is 2.24. The highest BCUT2D eigenvalue weighted by Crippen LogP contribution is 2.35. The zero-order chi connectivity index (χ0) is 14.1. The van der Waals surface area contributed by atoms with E-state index in [1.807, 2.05) is 43.3 Å². The smallest absolute Gasteiger partial charge is 0.256 e. The molecule has 100 valence electrons. The van der Waals surface area contributed by atoms with Crippen molar-refractivity contribution >= 4 is 23.2 Å².